The molecule has 0 aromatic heterocycles. The normalized spacial score (nSPS) is 23.2. The molecule has 21 heavy (non-hydrogen) atoms. The van der Waals surface area contributed by atoms with Crippen LogP contribution in [0.15, 0.2) is 29.4 Å². The second kappa shape index (κ2) is 5.31. The van der Waals surface area contributed by atoms with Crippen LogP contribution >= 0.6 is 0 Å². The number of nitrogens with one attached hydrogen (secondary N) is 2. The van der Waals surface area contributed by atoms with E-state index in [2.05, 4.69) is 15.8 Å². The molecule has 0 radical (unpaired) electrons. The zero-order chi connectivity index (χ0) is 15.0. The van der Waals surface area contributed by atoms with Crippen molar-refractivity contribution in [1.82, 2.24) is 5.43 Å². The lowest BCUT2D eigenvalue weighted by Gasteiger charge is -2.12. The Morgan fingerprint density at radius 3 is 2.71 bits per heavy atom. The quantitative estimate of drug-likeness (QED) is 0.889. The molecule has 0 saturated heterocycles. The standard InChI is InChI=1S/C16H19N3O2/c1-9(2)7-14(20)17-11-5-3-10(4-6-11)15-12-8-13(12)16(21)19-18-15/h3-6,9,12-13H,7-8H2,1-2H3,(H,17,20)(H,19,21). The van der Waals surface area contributed by atoms with Crippen molar-refractivity contribution in [2.75, 3.05) is 5.32 Å². The van der Waals surface area contributed by atoms with Gasteiger partial charge in [0.05, 0.1) is 5.71 Å². The number of carbonyl (C=O) groups excluding carboxylic acids is 2. The highest BCUT2D eigenvalue weighted by Crippen LogP contribution is 2.43. The van der Waals surface area contributed by atoms with E-state index in [0.29, 0.717) is 12.3 Å². The molecule has 2 aliphatic rings. The number of hydrogen-bond donors (Lipinski definition) is 2. The summed E-state index contributed by atoms with van der Waals surface area (Å²) >= 11 is 0. The van der Waals surface area contributed by atoms with Gasteiger partial charge in [0, 0.05) is 23.9 Å². The van der Waals surface area contributed by atoms with Crippen molar-refractivity contribution in [2.24, 2.45) is 22.9 Å². The molecular weight excluding hydrogens is 266 g/mol. The van der Waals surface area contributed by atoms with Crippen molar-refractivity contribution in [3.8, 4) is 0 Å². The van der Waals surface area contributed by atoms with Crippen molar-refractivity contribution in [1.29, 1.82) is 0 Å². The van der Waals surface area contributed by atoms with E-state index in [1.54, 1.807) is 0 Å². The molecule has 1 aliphatic carbocycles. The summed E-state index contributed by atoms with van der Waals surface area (Å²) in [4.78, 5) is 23.1. The van der Waals surface area contributed by atoms with Crippen molar-refractivity contribution in [3.63, 3.8) is 0 Å². The Morgan fingerprint density at radius 1 is 1.33 bits per heavy atom. The molecule has 1 aliphatic heterocycles. The van der Waals surface area contributed by atoms with Crippen molar-refractivity contribution < 1.29 is 9.59 Å². The van der Waals surface area contributed by atoms with E-state index in [0.717, 1.165) is 23.4 Å². The number of anilines is 1. The van der Waals surface area contributed by atoms with Gasteiger partial charge in [-0.2, -0.15) is 5.10 Å². The molecular formula is C16H19N3O2. The van der Waals surface area contributed by atoms with Crippen LogP contribution < -0.4 is 10.7 Å². The average molecular weight is 285 g/mol. The summed E-state index contributed by atoms with van der Waals surface area (Å²) in [5, 5.41) is 7.05. The number of benzene rings is 1. The fraction of sp³-hybridized carbons (Fsp3) is 0.438. The molecule has 3 rings (SSSR count). The molecule has 1 heterocycles. The van der Waals surface area contributed by atoms with Crippen LogP contribution in [0.25, 0.3) is 0 Å². The summed E-state index contributed by atoms with van der Waals surface area (Å²) in [6.07, 6.45) is 1.40. The van der Waals surface area contributed by atoms with Gasteiger partial charge in [-0.1, -0.05) is 26.0 Å². The van der Waals surface area contributed by atoms with Gasteiger partial charge in [-0.3, -0.25) is 9.59 Å². The van der Waals surface area contributed by atoms with E-state index >= 15 is 0 Å². The van der Waals surface area contributed by atoms with Gasteiger partial charge in [0.25, 0.3) is 0 Å². The SMILES string of the molecule is CC(C)CC(=O)Nc1ccc(C2=NNC(=O)C3CC23)cc1. The van der Waals surface area contributed by atoms with Gasteiger partial charge in [-0.15, -0.1) is 0 Å². The summed E-state index contributed by atoms with van der Waals surface area (Å²) in [5.41, 5.74) is 5.31. The molecule has 1 aromatic carbocycles. The molecule has 0 spiro atoms. The van der Waals surface area contributed by atoms with Gasteiger partial charge in [0.15, 0.2) is 0 Å². The summed E-state index contributed by atoms with van der Waals surface area (Å²) in [6, 6.07) is 7.64. The maximum atomic E-state index is 11.7. The van der Waals surface area contributed by atoms with Gasteiger partial charge in [0.2, 0.25) is 11.8 Å². The number of hydrazone groups is 1. The molecule has 2 N–H and O–H groups in total. The average Bonchev–Trinajstić information content (AvgIpc) is 3.20. The van der Waals surface area contributed by atoms with Crippen molar-refractivity contribution >= 4 is 23.2 Å². The van der Waals surface area contributed by atoms with Crippen LogP contribution in [0, 0.1) is 17.8 Å². The smallest absolute Gasteiger partial charge is 0.243 e. The highest BCUT2D eigenvalue weighted by molar-refractivity contribution is 6.09. The lowest BCUT2D eigenvalue weighted by Crippen LogP contribution is -2.28. The van der Waals surface area contributed by atoms with E-state index in [9.17, 15) is 9.59 Å². The maximum Gasteiger partial charge on any atom is 0.243 e. The van der Waals surface area contributed by atoms with Crippen LogP contribution in [-0.2, 0) is 9.59 Å². The predicted molar refractivity (Wildman–Crippen MR) is 80.8 cm³/mol. The minimum atomic E-state index is 0.0290. The molecule has 5 nitrogen and oxygen atoms in total. The minimum Gasteiger partial charge on any atom is -0.326 e. The van der Waals surface area contributed by atoms with Crippen LogP contribution in [0.5, 0.6) is 0 Å². The third kappa shape index (κ3) is 2.96. The van der Waals surface area contributed by atoms with Crippen LogP contribution in [0.4, 0.5) is 5.69 Å². The molecule has 1 fully saturated rings. The Hall–Kier alpha value is -2.17. The topological polar surface area (TPSA) is 70.6 Å². The second-order valence-electron chi connectivity index (χ2n) is 6.15. The van der Waals surface area contributed by atoms with Gasteiger partial charge >= 0.3 is 0 Å². The van der Waals surface area contributed by atoms with E-state index in [1.165, 1.54) is 0 Å². The first-order valence-electron chi connectivity index (χ1n) is 7.32. The zero-order valence-corrected chi connectivity index (χ0v) is 12.2. The Bertz CT molecular complexity index is 604. The van der Waals surface area contributed by atoms with E-state index in [-0.39, 0.29) is 23.7 Å². The lowest BCUT2D eigenvalue weighted by atomic mass is 10.0. The summed E-state index contributed by atoms with van der Waals surface area (Å²) in [5.74, 6) is 0.767. The van der Waals surface area contributed by atoms with E-state index < -0.39 is 0 Å². The van der Waals surface area contributed by atoms with Gasteiger partial charge < -0.3 is 5.32 Å². The van der Waals surface area contributed by atoms with Gasteiger partial charge in [0.1, 0.15) is 0 Å². The first-order chi connectivity index (χ1) is 10.0. The Labute approximate surface area is 123 Å². The third-order valence-electron chi connectivity index (χ3n) is 3.82. The Morgan fingerprint density at radius 2 is 2.05 bits per heavy atom. The molecule has 5 heteroatoms. The Balaban J connectivity index is 1.67. The molecule has 1 aromatic rings. The Kier molecular flexibility index (Phi) is 3.49. The monoisotopic (exact) mass is 285 g/mol. The summed E-state index contributed by atoms with van der Waals surface area (Å²) in [6.45, 7) is 4.04. The summed E-state index contributed by atoms with van der Waals surface area (Å²) in [7, 11) is 0. The molecule has 2 amide bonds. The fourth-order valence-electron chi connectivity index (χ4n) is 2.65. The minimum absolute atomic E-state index is 0.0290. The molecule has 0 bridgehead atoms. The largest absolute Gasteiger partial charge is 0.326 e. The van der Waals surface area contributed by atoms with Crippen molar-refractivity contribution in [3.05, 3.63) is 29.8 Å². The number of nitrogens with zero attached hydrogens (tertiary/aromatic N) is 1. The number of amides is 2. The van der Waals surface area contributed by atoms with Crippen molar-refractivity contribution in [2.45, 2.75) is 26.7 Å². The molecule has 1 saturated carbocycles. The summed E-state index contributed by atoms with van der Waals surface area (Å²) < 4.78 is 0. The number of hydrogen-bond acceptors (Lipinski definition) is 3. The number of rotatable bonds is 4. The lowest BCUT2D eigenvalue weighted by molar-refractivity contribution is -0.122. The first kappa shape index (κ1) is 13.8. The zero-order valence-electron chi connectivity index (χ0n) is 12.2. The number of fused-ring (bicyclic) bond motifs is 1. The van der Waals surface area contributed by atoms with Gasteiger partial charge in [-0.25, -0.2) is 5.43 Å². The number of carbonyl (C=O) groups is 2. The maximum absolute atomic E-state index is 11.7. The highest BCUT2D eigenvalue weighted by Gasteiger charge is 2.49. The van der Waals surface area contributed by atoms with Crippen LogP contribution in [-0.4, -0.2) is 17.5 Å². The van der Waals surface area contributed by atoms with Crippen LogP contribution in [0.3, 0.4) is 0 Å². The van der Waals surface area contributed by atoms with Crippen LogP contribution in [0.2, 0.25) is 0 Å². The fourth-order valence-corrected chi connectivity index (χ4v) is 2.65. The molecule has 2 atom stereocenters. The van der Waals surface area contributed by atoms with E-state index in [4.69, 9.17) is 0 Å². The van der Waals surface area contributed by atoms with Crippen LogP contribution in [0.1, 0.15) is 32.3 Å². The van der Waals surface area contributed by atoms with Gasteiger partial charge in [-0.05, 0) is 30.0 Å². The molecule has 110 valence electrons. The second-order valence-corrected chi connectivity index (χ2v) is 6.15. The predicted octanol–water partition coefficient (Wildman–Crippen LogP) is 2.14. The highest BCUT2D eigenvalue weighted by atomic mass is 16.2. The first-order valence-corrected chi connectivity index (χ1v) is 7.32. The third-order valence-corrected chi connectivity index (χ3v) is 3.82. The van der Waals surface area contributed by atoms with E-state index in [1.807, 2.05) is 38.1 Å². The molecule has 2 unspecified atom stereocenters.